The van der Waals surface area contributed by atoms with E-state index in [1.165, 1.54) is 35.0 Å². The molecule has 0 spiro atoms. The van der Waals surface area contributed by atoms with Gasteiger partial charge in [0.2, 0.25) is 0 Å². The molecule has 2 nitrogen and oxygen atoms in total. The highest BCUT2D eigenvalue weighted by Crippen LogP contribution is 2.39. The summed E-state index contributed by atoms with van der Waals surface area (Å²) in [7, 11) is 2.14. The molecule has 1 unspecified atom stereocenters. The van der Waals surface area contributed by atoms with Crippen LogP contribution in [0.5, 0.6) is 0 Å². The van der Waals surface area contributed by atoms with Gasteiger partial charge in [0, 0.05) is 26.3 Å². The summed E-state index contributed by atoms with van der Waals surface area (Å²) in [5.41, 5.74) is 0.356. The van der Waals surface area contributed by atoms with Gasteiger partial charge in [0.1, 0.15) is 0 Å². The van der Waals surface area contributed by atoms with Gasteiger partial charge in [-0.25, -0.2) is 0 Å². The van der Waals surface area contributed by atoms with Gasteiger partial charge < -0.3 is 5.32 Å². The summed E-state index contributed by atoms with van der Waals surface area (Å²) in [5, 5.41) is 5.84. The molecular formula is C16H27BrN2S. The van der Waals surface area contributed by atoms with Gasteiger partial charge in [-0.05, 0) is 61.4 Å². The summed E-state index contributed by atoms with van der Waals surface area (Å²) in [4.78, 5) is 4.18. The molecule has 1 aromatic rings. The lowest BCUT2D eigenvalue weighted by Gasteiger charge is -2.46. The molecule has 1 fully saturated rings. The Morgan fingerprint density at radius 3 is 2.45 bits per heavy atom. The first-order chi connectivity index (χ1) is 9.66. The molecule has 1 atom stereocenters. The minimum Gasteiger partial charge on any atom is -0.315 e. The molecular weight excluding hydrogens is 332 g/mol. The molecule has 0 aliphatic heterocycles. The van der Waals surface area contributed by atoms with Crippen LogP contribution in [0.2, 0.25) is 0 Å². The predicted molar refractivity (Wildman–Crippen MR) is 92.7 cm³/mol. The van der Waals surface area contributed by atoms with E-state index in [2.05, 4.69) is 58.5 Å². The normalized spacial score (nSPS) is 19.6. The highest BCUT2D eigenvalue weighted by atomic mass is 79.9. The van der Waals surface area contributed by atoms with Crippen LogP contribution < -0.4 is 5.32 Å². The molecule has 2 rings (SSSR count). The molecule has 0 bridgehead atoms. The van der Waals surface area contributed by atoms with Crippen molar-refractivity contribution in [2.24, 2.45) is 0 Å². The van der Waals surface area contributed by atoms with Gasteiger partial charge in [-0.1, -0.05) is 26.7 Å². The van der Waals surface area contributed by atoms with Gasteiger partial charge in [-0.2, -0.15) is 0 Å². The summed E-state index contributed by atoms with van der Waals surface area (Å²) < 4.78 is 1.22. The van der Waals surface area contributed by atoms with Crippen molar-refractivity contribution in [2.45, 2.75) is 57.5 Å². The van der Waals surface area contributed by atoms with E-state index in [1.807, 2.05) is 11.3 Å². The fraction of sp³-hybridized carbons (Fsp3) is 0.750. The summed E-state index contributed by atoms with van der Waals surface area (Å²) in [6.07, 6.45) is 6.58. The molecule has 1 saturated carbocycles. The van der Waals surface area contributed by atoms with E-state index in [0.29, 0.717) is 11.6 Å². The monoisotopic (exact) mass is 358 g/mol. The minimum absolute atomic E-state index is 0.356. The third-order valence-electron chi connectivity index (χ3n) is 4.89. The zero-order chi connectivity index (χ0) is 14.6. The standard InChI is InChI=1S/C16H27BrN2S/c1-4-19(5-2)16(8-6-7-9-16)15(18-3)11-14-10-13(17)12-20-14/h10,12,15,18H,4-9,11H2,1-3H3. The first-order valence-corrected chi connectivity index (χ1v) is 9.48. The summed E-state index contributed by atoms with van der Waals surface area (Å²) in [6.45, 7) is 6.92. The molecule has 1 aromatic heterocycles. The molecule has 4 heteroatoms. The second-order valence-corrected chi connectivity index (χ2v) is 7.67. The third kappa shape index (κ3) is 3.29. The summed E-state index contributed by atoms with van der Waals surface area (Å²) in [5.74, 6) is 0. The number of halogens is 1. The first-order valence-electron chi connectivity index (χ1n) is 7.81. The Morgan fingerprint density at radius 1 is 1.35 bits per heavy atom. The van der Waals surface area contributed by atoms with Crippen LogP contribution >= 0.6 is 27.3 Å². The van der Waals surface area contributed by atoms with Crippen molar-refractivity contribution in [2.75, 3.05) is 20.1 Å². The largest absolute Gasteiger partial charge is 0.315 e. The number of rotatable bonds is 7. The Kier molecular flexibility index (Phi) is 6.09. The Morgan fingerprint density at radius 2 is 2.00 bits per heavy atom. The molecule has 20 heavy (non-hydrogen) atoms. The zero-order valence-electron chi connectivity index (χ0n) is 12.9. The second-order valence-electron chi connectivity index (χ2n) is 5.76. The molecule has 0 amide bonds. The fourth-order valence-electron chi connectivity index (χ4n) is 3.95. The fourth-order valence-corrected chi connectivity index (χ4v) is 5.45. The van der Waals surface area contributed by atoms with Crippen molar-refractivity contribution in [3.8, 4) is 0 Å². The third-order valence-corrected chi connectivity index (χ3v) is 6.61. The van der Waals surface area contributed by atoms with Crippen molar-refractivity contribution in [1.29, 1.82) is 0 Å². The highest BCUT2D eigenvalue weighted by molar-refractivity contribution is 9.10. The van der Waals surface area contributed by atoms with Gasteiger partial charge in [-0.3, -0.25) is 4.90 Å². The van der Waals surface area contributed by atoms with Gasteiger partial charge in [-0.15, -0.1) is 11.3 Å². The minimum atomic E-state index is 0.356. The van der Waals surface area contributed by atoms with E-state index in [9.17, 15) is 0 Å². The number of hydrogen-bond acceptors (Lipinski definition) is 3. The lowest BCUT2D eigenvalue weighted by Crippen LogP contribution is -2.60. The topological polar surface area (TPSA) is 15.3 Å². The van der Waals surface area contributed by atoms with E-state index >= 15 is 0 Å². The number of likely N-dealkylation sites (N-methyl/N-ethyl adjacent to an activating group) is 2. The molecule has 114 valence electrons. The highest BCUT2D eigenvalue weighted by Gasteiger charge is 2.44. The van der Waals surface area contributed by atoms with Crippen molar-refractivity contribution < 1.29 is 0 Å². The van der Waals surface area contributed by atoms with Gasteiger partial charge in [0.05, 0.1) is 0 Å². The van der Waals surface area contributed by atoms with Crippen LogP contribution in [-0.2, 0) is 6.42 Å². The zero-order valence-corrected chi connectivity index (χ0v) is 15.3. The second kappa shape index (κ2) is 7.39. The van der Waals surface area contributed by atoms with Crippen LogP contribution in [0.25, 0.3) is 0 Å². The van der Waals surface area contributed by atoms with Crippen LogP contribution in [0.3, 0.4) is 0 Å². The molecule has 1 N–H and O–H groups in total. The maximum atomic E-state index is 3.64. The first kappa shape index (κ1) is 16.5. The predicted octanol–water partition coefficient (Wildman–Crippen LogP) is 4.30. The molecule has 1 aliphatic carbocycles. The van der Waals surface area contributed by atoms with Crippen molar-refractivity contribution in [3.63, 3.8) is 0 Å². The number of nitrogens with one attached hydrogen (secondary N) is 1. The molecule has 0 saturated heterocycles. The lowest BCUT2D eigenvalue weighted by atomic mass is 9.83. The average Bonchev–Trinajstić information content (AvgIpc) is 3.07. The summed E-state index contributed by atoms with van der Waals surface area (Å²) >= 11 is 5.45. The van der Waals surface area contributed by atoms with Gasteiger partial charge in [0.15, 0.2) is 0 Å². The Balaban J connectivity index is 2.21. The quantitative estimate of drug-likeness (QED) is 0.781. The van der Waals surface area contributed by atoms with Crippen molar-refractivity contribution >= 4 is 27.3 Å². The van der Waals surface area contributed by atoms with E-state index in [-0.39, 0.29) is 0 Å². The Labute approximate surface area is 136 Å². The molecule has 1 aliphatic rings. The Bertz CT molecular complexity index is 408. The maximum absolute atomic E-state index is 3.64. The van der Waals surface area contributed by atoms with Crippen LogP contribution in [0.4, 0.5) is 0 Å². The molecule has 0 aromatic carbocycles. The van der Waals surface area contributed by atoms with E-state index < -0.39 is 0 Å². The summed E-state index contributed by atoms with van der Waals surface area (Å²) in [6, 6.07) is 2.83. The number of hydrogen-bond donors (Lipinski definition) is 1. The van der Waals surface area contributed by atoms with Crippen molar-refractivity contribution in [3.05, 3.63) is 20.8 Å². The van der Waals surface area contributed by atoms with Gasteiger partial charge >= 0.3 is 0 Å². The van der Waals surface area contributed by atoms with Crippen LogP contribution in [0.1, 0.15) is 44.4 Å². The van der Waals surface area contributed by atoms with Crippen LogP contribution in [-0.4, -0.2) is 36.6 Å². The molecule has 1 heterocycles. The number of thiophene rings is 1. The van der Waals surface area contributed by atoms with E-state index in [1.54, 1.807) is 0 Å². The van der Waals surface area contributed by atoms with Gasteiger partial charge in [0.25, 0.3) is 0 Å². The maximum Gasteiger partial charge on any atom is 0.0365 e. The smallest absolute Gasteiger partial charge is 0.0365 e. The van der Waals surface area contributed by atoms with Crippen LogP contribution in [0, 0.1) is 0 Å². The van der Waals surface area contributed by atoms with Crippen LogP contribution in [0.15, 0.2) is 15.9 Å². The molecule has 0 radical (unpaired) electrons. The SMILES string of the molecule is CCN(CC)C1(C(Cc2cc(Br)cs2)NC)CCCC1. The Hall–Kier alpha value is 0.1000. The van der Waals surface area contributed by atoms with E-state index in [0.717, 1.165) is 19.5 Å². The average molecular weight is 359 g/mol. The van der Waals surface area contributed by atoms with E-state index in [4.69, 9.17) is 0 Å². The lowest BCUT2D eigenvalue weighted by molar-refractivity contribution is 0.0661. The number of nitrogens with zero attached hydrogens (tertiary/aromatic N) is 1. The van der Waals surface area contributed by atoms with Crippen molar-refractivity contribution in [1.82, 2.24) is 10.2 Å².